The van der Waals surface area contributed by atoms with Gasteiger partial charge in [0.05, 0.1) is 21.3 Å². The molecule has 0 atom stereocenters. The topological polar surface area (TPSA) is 27.7 Å². The lowest BCUT2D eigenvalue weighted by molar-refractivity contribution is 0.404. The third-order valence-electron chi connectivity index (χ3n) is 3.13. The lowest BCUT2D eigenvalue weighted by Crippen LogP contribution is -1.92. The van der Waals surface area contributed by atoms with Gasteiger partial charge in [-0.15, -0.1) is 0 Å². The van der Waals surface area contributed by atoms with Gasteiger partial charge in [0.1, 0.15) is 17.2 Å². The third-order valence-corrected chi connectivity index (χ3v) is 3.13. The molecule has 0 aliphatic rings. The maximum Gasteiger partial charge on any atom is 0.126 e. The van der Waals surface area contributed by atoms with Crippen LogP contribution in [-0.4, -0.2) is 21.3 Å². The summed E-state index contributed by atoms with van der Waals surface area (Å²) in [5, 5.41) is 0. The van der Waals surface area contributed by atoms with Crippen molar-refractivity contribution in [3.05, 3.63) is 42.0 Å². The zero-order chi connectivity index (χ0) is 13.8. The van der Waals surface area contributed by atoms with Crippen molar-refractivity contribution in [3.63, 3.8) is 0 Å². The number of ether oxygens (including phenoxy) is 3. The van der Waals surface area contributed by atoms with Crippen molar-refractivity contribution in [3.8, 4) is 28.4 Å². The fourth-order valence-electron chi connectivity index (χ4n) is 2.09. The summed E-state index contributed by atoms with van der Waals surface area (Å²) in [6.07, 6.45) is 0. The highest BCUT2D eigenvalue weighted by atomic mass is 16.5. The smallest absolute Gasteiger partial charge is 0.126 e. The number of benzene rings is 2. The number of methoxy groups -OCH3 is 3. The molecule has 0 aliphatic heterocycles. The summed E-state index contributed by atoms with van der Waals surface area (Å²) in [6.45, 7) is 2.05. The van der Waals surface area contributed by atoms with Crippen LogP contribution in [0.1, 0.15) is 5.56 Å². The van der Waals surface area contributed by atoms with Gasteiger partial charge >= 0.3 is 0 Å². The lowest BCUT2D eigenvalue weighted by atomic mass is 9.99. The predicted molar refractivity (Wildman–Crippen MR) is 76.3 cm³/mol. The zero-order valence-electron chi connectivity index (χ0n) is 11.7. The van der Waals surface area contributed by atoms with E-state index in [1.165, 1.54) is 0 Å². The molecular weight excluding hydrogens is 240 g/mol. The van der Waals surface area contributed by atoms with Gasteiger partial charge in [-0.2, -0.15) is 0 Å². The Hall–Kier alpha value is -2.16. The summed E-state index contributed by atoms with van der Waals surface area (Å²) in [5.74, 6) is 2.49. The highest BCUT2D eigenvalue weighted by molar-refractivity contribution is 5.75. The van der Waals surface area contributed by atoms with Crippen LogP contribution in [0.25, 0.3) is 11.1 Å². The van der Waals surface area contributed by atoms with Crippen LogP contribution in [0.15, 0.2) is 36.4 Å². The molecule has 0 spiro atoms. The minimum absolute atomic E-state index is 0.811. The molecule has 2 rings (SSSR count). The second-order valence-electron chi connectivity index (χ2n) is 4.25. The van der Waals surface area contributed by atoms with E-state index in [2.05, 4.69) is 6.92 Å². The summed E-state index contributed by atoms with van der Waals surface area (Å²) in [7, 11) is 5.00. The van der Waals surface area contributed by atoms with Crippen LogP contribution >= 0.6 is 0 Å². The van der Waals surface area contributed by atoms with Crippen molar-refractivity contribution in [1.82, 2.24) is 0 Å². The Kier molecular flexibility index (Phi) is 3.95. The van der Waals surface area contributed by atoms with Gasteiger partial charge in [0.15, 0.2) is 0 Å². The largest absolute Gasteiger partial charge is 0.497 e. The van der Waals surface area contributed by atoms with E-state index in [9.17, 15) is 0 Å². The van der Waals surface area contributed by atoms with E-state index in [4.69, 9.17) is 14.2 Å². The molecule has 100 valence electrons. The standard InChI is InChI=1S/C16H18O3/c1-11-9-12(17-2)5-7-14(11)15-10-13(18-3)6-8-16(15)19-4/h5-10H,1-4H3. The molecule has 0 radical (unpaired) electrons. The minimum Gasteiger partial charge on any atom is -0.497 e. The van der Waals surface area contributed by atoms with Crippen molar-refractivity contribution in [2.75, 3.05) is 21.3 Å². The molecule has 0 N–H and O–H groups in total. The first-order valence-electron chi connectivity index (χ1n) is 6.06. The Labute approximate surface area is 113 Å². The third kappa shape index (κ3) is 2.65. The molecule has 2 aromatic rings. The molecule has 0 saturated heterocycles. The first-order chi connectivity index (χ1) is 9.19. The van der Waals surface area contributed by atoms with Crippen LogP contribution in [0, 0.1) is 6.92 Å². The number of hydrogen-bond donors (Lipinski definition) is 0. The maximum absolute atomic E-state index is 5.42. The van der Waals surface area contributed by atoms with Crippen molar-refractivity contribution >= 4 is 0 Å². The molecule has 0 amide bonds. The Morgan fingerprint density at radius 1 is 0.684 bits per heavy atom. The second-order valence-corrected chi connectivity index (χ2v) is 4.25. The van der Waals surface area contributed by atoms with Crippen molar-refractivity contribution in [2.45, 2.75) is 6.92 Å². The molecule has 0 heterocycles. The van der Waals surface area contributed by atoms with Gasteiger partial charge in [0.2, 0.25) is 0 Å². The summed E-state index contributed by atoms with van der Waals surface area (Å²) in [6, 6.07) is 11.8. The van der Waals surface area contributed by atoms with Crippen LogP contribution in [0.5, 0.6) is 17.2 Å². The Morgan fingerprint density at radius 2 is 1.32 bits per heavy atom. The summed E-state index contributed by atoms with van der Waals surface area (Å²) in [5.41, 5.74) is 3.25. The van der Waals surface area contributed by atoms with Crippen LogP contribution in [0.3, 0.4) is 0 Å². The molecule has 0 bridgehead atoms. The first kappa shape index (κ1) is 13.3. The van der Waals surface area contributed by atoms with Gasteiger partial charge in [-0.1, -0.05) is 6.07 Å². The van der Waals surface area contributed by atoms with Crippen LogP contribution < -0.4 is 14.2 Å². The second kappa shape index (κ2) is 5.65. The monoisotopic (exact) mass is 258 g/mol. The molecular formula is C16H18O3. The quantitative estimate of drug-likeness (QED) is 0.837. The van der Waals surface area contributed by atoms with E-state index < -0.39 is 0 Å². The molecule has 0 unspecified atom stereocenters. The summed E-state index contributed by atoms with van der Waals surface area (Å²) in [4.78, 5) is 0. The van der Waals surface area contributed by atoms with Crippen molar-refractivity contribution in [1.29, 1.82) is 0 Å². The van der Waals surface area contributed by atoms with E-state index in [0.29, 0.717) is 0 Å². The maximum atomic E-state index is 5.42. The number of aryl methyl sites for hydroxylation is 1. The van der Waals surface area contributed by atoms with Gasteiger partial charge < -0.3 is 14.2 Å². The minimum atomic E-state index is 0.811. The lowest BCUT2D eigenvalue weighted by Gasteiger charge is -2.13. The molecule has 2 aromatic carbocycles. The molecule has 0 fully saturated rings. The van der Waals surface area contributed by atoms with E-state index in [0.717, 1.165) is 33.9 Å². The van der Waals surface area contributed by atoms with Gasteiger partial charge in [-0.25, -0.2) is 0 Å². The van der Waals surface area contributed by atoms with E-state index in [1.54, 1.807) is 21.3 Å². The zero-order valence-corrected chi connectivity index (χ0v) is 11.7. The predicted octanol–water partition coefficient (Wildman–Crippen LogP) is 3.69. The Morgan fingerprint density at radius 3 is 1.89 bits per heavy atom. The van der Waals surface area contributed by atoms with E-state index in [-0.39, 0.29) is 0 Å². The van der Waals surface area contributed by atoms with Gasteiger partial charge in [-0.3, -0.25) is 0 Å². The van der Waals surface area contributed by atoms with E-state index >= 15 is 0 Å². The fourth-order valence-corrected chi connectivity index (χ4v) is 2.09. The average molecular weight is 258 g/mol. The normalized spacial score (nSPS) is 10.1. The van der Waals surface area contributed by atoms with Gasteiger partial charge in [0, 0.05) is 5.56 Å². The molecule has 0 aliphatic carbocycles. The van der Waals surface area contributed by atoms with Crippen LogP contribution in [0.4, 0.5) is 0 Å². The summed E-state index contributed by atoms with van der Waals surface area (Å²) < 4.78 is 15.9. The highest BCUT2D eigenvalue weighted by Crippen LogP contribution is 2.36. The number of hydrogen-bond acceptors (Lipinski definition) is 3. The molecule has 3 heteroatoms. The fraction of sp³-hybridized carbons (Fsp3) is 0.250. The summed E-state index contributed by atoms with van der Waals surface area (Å²) >= 11 is 0. The van der Waals surface area contributed by atoms with Gasteiger partial charge in [-0.05, 0) is 48.4 Å². The number of rotatable bonds is 4. The first-order valence-corrected chi connectivity index (χ1v) is 6.06. The van der Waals surface area contributed by atoms with E-state index in [1.807, 2.05) is 36.4 Å². The van der Waals surface area contributed by atoms with Gasteiger partial charge in [0.25, 0.3) is 0 Å². The van der Waals surface area contributed by atoms with Crippen LogP contribution in [-0.2, 0) is 0 Å². The highest BCUT2D eigenvalue weighted by Gasteiger charge is 2.10. The Bertz CT molecular complexity index is 576. The van der Waals surface area contributed by atoms with Crippen LogP contribution in [0.2, 0.25) is 0 Å². The molecule has 3 nitrogen and oxygen atoms in total. The molecule has 0 saturated carbocycles. The molecule has 19 heavy (non-hydrogen) atoms. The molecule has 0 aromatic heterocycles. The van der Waals surface area contributed by atoms with Crippen molar-refractivity contribution < 1.29 is 14.2 Å². The Balaban J connectivity index is 2.56. The SMILES string of the molecule is COc1ccc(-c2cc(OC)ccc2OC)c(C)c1. The van der Waals surface area contributed by atoms with Crippen molar-refractivity contribution in [2.24, 2.45) is 0 Å². The average Bonchev–Trinajstić information content (AvgIpc) is 2.46.